The third kappa shape index (κ3) is 3.56. The highest BCUT2D eigenvalue weighted by Gasteiger charge is 2.25. The summed E-state index contributed by atoms with van der Waals surface area (Å²) < 4.78 is 18.8. The maximum absolute atomic E-state index is 13.6. The van der Waals surface area contributed by atoms with Crippen LogP contribution in [0.25, 0.3) is 0 Å². The van der Waals surface area contributed by atoms with Crippen LogP contribution < -0.4 is 5.32 Å². The predicted octanol–water partition coefficient (Wildman–Crippen LogP) is 4.16. The van der Waals surface area contributed by atoms with Crippen molar-refractivity contribution in [2.75, 3.05) is 12.4 Å². The minimum atomic E-state index is -0.194. The first-order valence-corrected chi connectivity index (χ1v) is 8.29. The number of hydrogen-bond acceptors (Lipinski definition) is 4. The number of aromatic nitrogens is 2. The topological polar surface area (TPSA) is 47.0 Å². The second-order valence-corrected chi connectivity index (χ2v) is 7.33. The molecular formula is C19H24FN3O. The lowest BCUT2D eigenvalue weighted by molar-refractivity contribution is 0.181. The van der Waals surface area contributed by atoms with E-state index in [2.05, 4.69) is 36.1 Å². The number of ether oxygens (including phenoxy) is 1. The van der Waals surface area contributed by atoms with E-state index in [9.17, 15) is 4.39 Å². The number of methoxy groups -OCH3 is 1. The Morgan fingerprint density at radius 1 is 1.25 bits per heavy atom. The largest absolute Gasteiger partial charge is 0.378 e. The van der Waals surface area contributed by atoms with Crippen molar-refractivity contribution in [3.05, 3.63) is 52.7 Å². The van der Waals surface area contributed by atoms with Gasteiger partial charge in [0, 0.05) is 18.6 Å². The Balaban J connectivity index is 1.91. The van der Waals surface area contributed by atoms with Gasteiger partial charge in [0.1, 0.15) is 17.5 Å². The zero-order chi connectivity index (χ0) is 17.3. The first kappa shape index (κ1) is 16.8. The number of nitrogens with one attached hydrogen (secondary N) is 1. The maximum Gasteiger partial charge on any atom is 0.136 e. The lowest BCUT2D eigenvalue weighted by atomic mass is 9.95. The number of halogens is 1. The van der Waals surface area contributed by atoms with Crippen molar-refractivity contribution < 1.29 is 9.13 Å². The highest BCUT2D eigenvalue weighted by molar-refractivity contribution is 5.44. The molecule has 1 aromatic carbocycles. The lowest BCUT2D eigenvalue weighted by Crippen LogP contribution is -2.19. The number of nitrogens with zero attached hydrogens (tertiary/aromatic N) is 2. The van der Waals surface area contributed by atoms with Crippen LogP contribution in [-0.4, -0.2) is 17.1 Å². The average molecular weight is 329 g/mol. The summed E-state index contributed by atoms with van der Waals surface area (Å²) in [6, 6.07) is 7.02. The number of benzene rings is 1. The standard InChI is InChI=1S/C19H24FN3O/c1-19(2,3)18-21-14(11-24-4)10-17(23-18)22-16-8-6-12-5-7-13(20)9-15(12)16/h5,7,9-10,16H,6,8,11H2,1-4H3,(H,21,22,23). The van der Waals surface area contributed by atoms with Crippen LogP contribution in [0.4, 0.5) is 10.2 Å². The van der Waals surface area contributed by atoms with E-state index in [1.165, 1.54) is 11.6 Å². The van der Waals surface area contributed by atoms with Gasteiger partial charge in [-0.05, 0) is 36.1 Å². The van der Waals surface area contributed by atoms with Crippen LogP contribution >= 0.6 is 0 Å². The molecule has 24 heavy (non-hydrogen) atoms. The van der Waals surface area contributed by atoms with Gasteiger partial charge in [-0.1, -0.05) is 26.8 Å². The fourth-order valence-corrected chi connectivity index (χ4v) is 3.03. The quantitative estimate of drug-likeness (QED) is 0.915. The van der Waals surface area contributed by atoms with E-state index in [0.717, 1.165) is 35.7 Å². The van der Waals surface area contributed by atoms with E-state index in [4.69, 9.17) is 4.74 Å². The van der Waals surface area contributed by atoms with Gasteiger partial charge in [-0.3, -0.25) is 0 Å². The minimum absolute atomic E-state index is 0.0776. The number of hydrogen-bond donors (Lipinski definition) is 1. The van der Waals surface area contributed by atoms with Crippen LogP contribution in [0.1, 0.15) is 55.9 Å². The molecule has 5 heteroatoms. The van der Waals surface area contributed by atoms with Gasteiger partial charge in [0.25, 0.3) is 0 Å². The first-order chi connectivity index (χ1) is 11.4. The van der Waals surface area contributed by atoms with Crippen LogP contribution in [0, 0.1) is 5.82 Å². The van der Waals surface area contributed by atoms with Crippen molar-refractivity contribution in [1.29, 1.82) is 0 Å². The summed E-state index contributed by atoms with van der Waals surface area (Å²) in [7, 11) is 1.65. The van der Waals surface area contributed by atoms with Gasteiger partial charge in [0.2, 0.25) is 0 Å². The fourth-order valence-electron chi connectivity index (χ4n) is 3.03. The van der Waals surface area contributed by atoms with Crippen molar-refractivity contribution in [2.45, 2.75) is 51.7 Å². The Morgan fingerprint density at radius 2 is 2.04 bits per heavy atom. The molecule has 0 fully saturated rings. The number of aryl methyl sites for hydroxylation is 1. The van der Waals surface area contributed by atoms with E-state index >= 15 is 0 Å². The molecule has 0 amide bonds. The summed E-state index contributed by atoms with van der Waals surface area (Å²) in [5.41, 5.74) is 2.92. The maximum atomic E-state index is 13.6. The molecular weight excluding hydrogens is 305 g/mol. The number of fused-ring (bicyclic) bond motifs is 1. The summed E-state index contributed by atoms with van der Waals surface area (Å²) in [6.45, 7) is 6.70. The van der Waals surface area contributed by atoms with E-state index in [0.29, 0.717) is 6.61 Å². The SMILES string of the molecule is COCc1cc(NC2CCc3ccc(F)cc32)nc(C(C)(C)C)n1. The van der Waals surface area contributed by atoms with E-state index in [1.807, 2.05) is 12.1 Å². The van der Waals surface area contributed by atoms with Gasteiger partial charge < -0.3 is 10.1 Å². The molecule has 0 aliphatic heterocycles. The van der Waals surface area contributed by atoms with E-state index < -0.39 is 0 Å². The molecule has 1 N–H and O–H groups in total. The Labute approximate surface area is 142 Å². The highest BCUT2D eigenvalue weighted by Crippen LogP contribution is 2.34. The molecule has 128 valence electrons. The van der Waals surface area contributed by atoms with Gasteiger partial charge >= 0.3 is 0 Å². The monoisotopic (exact) mass is 329 g/mol. The molecule has 0 saturated carbocycles. The molecule has 1 aliphatic carbocycles. The molecule has 1 aliphatic rings. The first-order valence-electron chi connectivity index (χ1n) is 8.29. The third-order valence-electron chi connectivity index (χ3n) is 4.25. The second kappa shape index (κ2) is 6.48. The van der Waals surface area contributed by atoms with E-state index in [1.54, 1.807) is 13.2 Å². The smallest absolute Gasteiger partial charge is 0.136 e. The molecule has 0 radical (unpaired) electrons. The van der Waals surface area contributed by atoms with Crippen LogP contribution in [0.15, 0.2) is 24.3 Å². The molecule has 1 aromatic heterocycles. The van der Waals surface area contributed by atoms with Crippen LogP contribution in [0.3, 0.4) is 0 Å². The predicted molar refractivity (Wildman–Crippen MR) is 92.5 cm³/mol. The van der Waals surface area contributed by atoms with Gasteiger partial charge in [-0.2, -0.15) is 0 Å². The zero-order valence-electron chi connectivity index (χ0n) is 14.7. The molecule has 0 saturated heterocycles. The van der Waals surface area contributed by atoms with Crippen molar-refractivity contribution in [1.82, 2.24) is 9.97 Å². The third-order valence-corrected chi connectivity index (χ3v) is 4.25. The van der Waals surface area contributed by atoms with Gasteiger partial charge in [-0.25, -0.2) is 14.4 Å². The normalized spacial score (nSPS) is 17.0. The summed E-state index contributed by atoms with van der Waals surface area (Å²) in [6.07, 6.45) is 1.89. The van der Waals surface area contributed by atoms with Crippen LogP contribution in [-0.2, 0) is 23.2 Å². The van der Waals surface area contributed by atoms with Crippen molar-refractivity contribution in [3.8, 4) is 0 Å². The van der Waals surface area contributed by atoms with Gasteiger partial charge in [0.15, 0.2) is 0 Å². The Bertz CT molecular complexity index is 740. The van der Waals surface area contributed by atoms with Crippen molar-refractivity contribution in [3.63, 3.8) is 0 Å². The van der Waals surface area contributed by atoms with E-state index in [-0.39, 0.29) is 17.3 Å². The molecule has 4 nitrogen and oxygen atoms in total. The Morgan fingerprint density at radius 3 is 2.75 bits per heavy atom. The number of rotatable bonds is 4. The molecule has 3 rings (SSSR count). The summed E-state index contributed by atoms with van der Waals surface area (Å²) in [4.78, 5) is 9.27. The summed E-state index contributed by atoms with van der Waals surface area (Å²) in [5, 5.41) is 3.46. The molecule has 1 heterocycles. The summed E-state index contributed by atoms with van der Waals surface area (Å²) in [5.74, 6) is 1.35. The molecule has 0 spiro atoms. The Kier molecular flexibility index (Phi) is 4.54. The molecule has 0 bridgehead atoms. The summed E-state index contributed by atoms with van der Waals surface area (Å²) >= 11 is 0. The van der Waals surface area contributed by atoms with Crippen molar-refractivity contribution >= 4 is 5.82 Å². The highest BCUT2D eigenvalue weighted by atomic mass is 19.1. The van der Waals surface area contributed by atoms with Gasteiger partial charge in [-0.15, -0.1) is 0 Å². The fraction of sp³-hybridized carbons (Fsp3) is 0.474. The Hall–Kier alpha value is -2.01. The second-order valence-electron chi connectivity index (χ2n) is 7.33. The van der Waals surface area contributed by atoms with Crippen LogP contribution in [0.2, 0.25) is 0 Å². The number of anilines is 1. The van der Waals surface area contributed by atoms with Gasteiger partial charge in [0.05, 0.1) is 18.3 Å². The lowest BCUT2D eigenvalue weighted by Gasteiger charge is -2.21. The van der Waals surface area contributed by atoms with Crippen molar-refractivity contribution in [2.24, 2.45) is 0 Å². The molecule has 1 atom stereocenters. The minimum Gasteiger partial charge on any atom is -0.378 e. The average Bonchev–Trinajstić information content (AvgIpc) is 2.89. The zero-order valence-corrected chi connectivity index (χ0v) is 14.7. The van der Waals surface area contributed by atoms with Crippen LogP contribution in [0.5, 0.6) is 0 Å². The molecule has 1 unspecified atom stereocenters. The molecule has 2 aromatic rings.